The first-order chi connectivity index (χ1) is 10.6. The zero-order valence-electron chi connectivity index (χ0n) is 11.2. The number of halogens is 1. The average molecular weight is 316 g/mol. The molecule has 0 aromatic carbocycles. The Hall–Kier alpha value is -2.97. The molecular formula is C14H9FN4O2S. The maximum Gasteiger partial charge on any atom is 0.265 e. The van der Waals surface area contributed by atoms with Crippen molar-refractivity contribution in [2.45, 2.75) is 6.54 Å². The van der Waals surface area contributed by atoms with Crippen LogP contribution in [0.5, 0.6) is 0 Å². The molecule has 2 rings (SSSR count). The van der Waals surface area contributed by atoms with E-state index in [0.29, 0.717) is 5.69 Å². The van der Waals surface area contributed by atoms with Gasteiger partial charge in [0.2, 0.25) is 0 Å². The van der Waals surface area contributed by atoms with Crippen LogP contribution in [0, 0.1) is 22.7 Å². The number of pyridine rings is 1. The molecule has 8 heteroatoms. The van der Waals surface area contributed by atoms with Gasteiger partial charge in [-0.1, -0.05) is 0 Å². The summed E-state index contributed by atoms with van der Waals surface area (Å²) in [5, 5.41) is 20.3. The second kappa shape index (κ2) is 6.66. The van der Waals surface area contributed by atoms with Crippen molar-refractivity contribution in [1.82, 2.24) is 4.57 Å². The van der Waals surface area contributed by atoms with Gasteiger partial charge in [-0.25, -0.2) is 4.39 Å². The number of hydrogen-bond donors (Lipinski definition) is 1. The van der Waals surface area contributed by atoms with Gasteiger partial charge in [0, 0.05) is 12.3 Å². The van der Waals surface area contributed by atoms with E-state index in [2.05, 4.69) is 5.32 Å². The molecule has 0 unspecified atom stereocenters. The molecule has 0 saturated heterocycles. The number of anilines is 1. The molecule has 2 aromatic heterocycles. The number of carbonyl (C=O) groups excluding carboxylic acids is 1. The molecule has 0 atom stereocenters. The summed E-state index contributed by atoms with van der Waals surface area (Å²) in [6, 6.07) is 7.64. The van der Waals surface area contributed by atoms with E-state index in [4.69, 9.17) is 10.5 Å². The standard InChI is InChI=1S/C14H9FN4O2S/c15-3-4-19-8-10(1-2-13(19)20)18-14(21)11-5-9(6-16)12(7-17)22-11/h1-2,5,8H,3-4H2,(H,18,21). The van der Waals surface area contributed by atoms with Crippen molar-refractivity contribution >= 4 is 22.9 Å². The topological polar surface area (TPSA) is 98.7 Å². The van der Waals surface area contributed by atoms with Crippen LogP contribution in [0.2, 0.25) is 0 Å². The minimum atomic E-state index is -0.695. The number of nitrogens with one attached hydrogen (secondary N) is 1. The molecule has 6 nitrogen and oxygen atoms in total. The van der Waals surface area contributed by atoms with E-state index < -0.39 is 12.6 Å². The highest BCUT2D eigenvalue weighted by atomic mass is 32.1. The quantitative estimate of drug-likeness (QED) is 0.930. The average Bonchev–Trinajstić information content (AvgIpc) is 2.94. The molecular weight excluding hydrogens is 307 g/mol. The third-order valence-corrected chi connectivity index (χ3v) is 3.78. The number of thiophene rings is 1. The van der Waals surface area contributed by atoms with Crippen LogP contribution in [0.1, 0.15) is 20.1 Å². The number of alkyl halides is 1. The van der Waals surface area contributed by atoms with Crippen LogP contribution in [-0.4, -0.2) is 17.1 Å². The Labute approximate surface area is 128 Å². The molecule has 0 radical (unpaired) electrons. The SMILES string of the molecule is N#Cc1cc(C(=O)Nc2ccc(=O)n(CCF)c2)sc1C#N. The van der Waals surface area contributed by atoms with Crippen LogP contribution in [0.3, 0.4) is 0 Å². The number of aryl methyl sites for hydroxylation is 1. The fraction of sp³-hybridized carbons (Fsp3) is 0.143. The van der Waals surface area contributed by atoms with Gasteiger partial charge >= 0.3 is 0 Å². The van der Waals surface area contributed by atoms with Crippen molar-refractivity contribution in [3.05, 3.63) is 50.1 Å². The highest BCUT2D eigenvalue weighted by Gasteiger charge is 2.15. The second-order valence-electron chi connectivity index (χ2n) is 4.17. The number of hydrogen-bond acceptors (Lipinski definition) is 5. The Kier molecular flexibility index (Phi) is 4.66. The lowest BCUT2D eigenvalue weighted by atomic mass is 10.2. The van der Waals surface area contributed by atoms with Gasteiger partial charge in [-0.05, 0) is 12.1 Å². The summed E-state index contributed by atoms with van der Waals surface area (Å²) < 4.78 is 13.5. The highest BCUT2D eigenvalue weighted by molar-refractivity contribution is 7.14. The summed E-state index contributed by atoms with van der Waals surface area (Å²) >= 11 is 0.905. The molecule has 22 heavy (non-hydrogen) atoms. The zero-order chi connectivity index (χ0) is 16.1. The summed E-state index contributed by atoms with van der Waals surface area (Å²) in [4.78, 5) is 23.9. The lowest BCUT2D eigenvalue weighted by Gasteiger charge is -2.07. The molecule has 1 amide bonds. The lowest BCUT2D eigenvalue weighted by molar-refractivity contribution is 0.103. The molecule has 0 bridgehead atoms. The van der Waals surface area contributed by atoms with Crippen molar-refractivity contribution < 1.29 is 9.18 Å². The van der Waals surface area contributed by atoms with Crippen molar-refractivity contribution in [3.63, 3.8) is 0 Å². The van der Waals surface area contributed by atoms with E-state index in [1.54, 1.807) is 0 Å². The highest BCUT2D eigenvalue weighted by Crippen LogP contribution is 2.22. The van der Waals surface area contributed by atoms with E-state index in [-0.39, 0.29) is 27.4 Å². The van der Waals surface area contributed by atoms with Crippen LogP contribution in [0.4, 0.5) is 10.1 Å². The van der Waals surface area contributed by atoms with Crippen LogP contribution in [0.15, 0.2) is 29.2 Å². The number of amides is 1. The summed E-state index contributed by atoms with van der Waals surface area (Å²) in [5.74, 6) is -0.506. The summed E-state index contributed by atoms with van der Waals surface area (Å²) in [5.41, 5.74) is 0.0915. The molecule has 0 spiro atoms. The number of nitriles is 2. The van der Waals surface area contributed by atoms with Gasteiger partial charge in [-0.2, -0.15) is 10.5 Å². The fourth-order valence-corrected chi connectivity index (χ4v) is 2.53. The van der Waals surface area contributed by atoms with Gasteiger partial charge in [-0.3, -0.25) is 9.59 Å². The Bertz CT molecular complexity index is 825. The monoisotopic (exact) mass is 316 g/mol. The maximum absolute atomic E-state index is 12.3. The summed E-state index contributed by atoms with van der Waals surface area (Å²) in [6.07, 6.45) is 1.34. The number of aromatic nitrogens is 1. The van der Waals surface area contributed by atoms with Gasteiger partial charge in [0.15, 0.2) is 0 Å². The van der Waals surface area contributed by atoms with E-state index in [9.17, 15) is 14.0 Å². The van der Waals surface area contributed by atoms with Crippen molar-refractivity contribution in [2.75, 3.05) is 12.0 Å². The first kappa shape index (κ1) is 15.4. The van der Waals surface area contributed by atoms with E-state index in [0.717, 1.165) is 15.9 Å². The Morgan fingerprint density at radius 1 is 1.36 bits per heavy atom. The predicted molar refractivity (Wildman–Crippen MR) is 78.4 cm³/mol. The van der Waals surface area contributed by atoms with E-state index in [1.165, 1.54) is 24.4 Å². The van der Waals surface area contributed by atoms with E-state index in [1.807, 2.05) is 12.1 Å². The molecule has 0 fully saturated rings. The van der Waals surface area contributed by atoms with Crippen molar-refractivity contribution in [1.29, 1.82) is 10.5 Å². The molecule has 0 saturated carbocycles. The molecule has 2 aromatic rings. The van der Waals surface area contributed by atoms with E-state index >= 15 is 0 Å². The molecule has 1 N–H and O–H groups in total. The minimum Gasteiger partial charge on any atom is -0.320 e. The third-order valence-electron chi connectivity index (χ3n) is 2.74. The minimum absolute atomic E-state index is 0.0985. The van der Waals surface area contributed by atoms with Gasteiger partial charge in [0.1, 0.15) is 23.7 Å². The fourth-order valence-electron chi connectivity index (χ4n) is 1.73. The zero-order valence-corrected chi connectivity index (χ0v) is 12.0. The summed E-state index contributed by atoms with van der Waals surface area (Å²) in [6.45, 7) is -0.794. The Morgan fingerprint density at radius 2 is 2.14 bits per heavy atom. The number of rotatable bonds is 4. The number of carbonyl (C=O) groups is 1. The molecule has 0 aliphatic heterocycles. The van der Waals surface area contributed by atoms with Crippen LogP contribution < -0.4 is 10.9 Å². The molecule has 0 aliphatic carbocycles. The molecule has 110 valence electrons. The Morgan fingerprint density at radius 3 is 2.73 bits per heavy atom. The van der Waals surface area contributed by atoms with Gasteiger partial charge in [0.05, 0.1) is 22.7 Å². The Balaban J connectivity index is 2.24. The molecule has 2 heterocycles. The molecule has 0 aliphatic rings. The second-order valence-corrected chi connectivity index (χ2v) is 5.22. The predicted octanol–water partition coefficient (Wildman–Crippen LogP) is 1.87. The van der Waals surface area contributed by atoms with Crippen LogP contribution in [-0.2, 0) is 6.54 Å². The number of nitrogens with zero attached hydrogens (tertiary/aromatic N) is 3. The normalized spacial score (nSPS) is 9.77. The maximum atomic E-state index is 12.3. The van der Waals surface area contributed by atoms with Crippen LogP contribution in [0.25, 0.3) is 0 Å². The van der Waals surface area contributed by atoms with Crippen LogP contribution >= 0.6 is 11.3 Å². The van der Waals surface area contributed by atoms with Gasteiger partial charge in [-0.15, -0.1) is 11.3 Å². The first-order valence-corrected chi connectivity index (χ1v) is 6.92. The lowest BCUT2D eigenvalue weighted by Crippen LogP contribution is -2.21. The largest absolute Gasteiger partial charge is 0.320 e. The van der Waals surface area contributed by atoms with Crippen molar-refractivity contribution in [3.8, 4) is 12.1 Å². The van der Waals surface area contributed by atoms with Gasteiger partial charge < -0.3 is 9.88 Å². The first-order valence-electron chi connectivity index (χ1n) is 6.11. The van der Waals surface area contributed by atoms with Crippen molar-refractivity contribution in [2.24, 2.45) is 0 Å². The summed E-state index contributed by atoms with van der Waals surface area (Å²) in [7, 11) is 0. The van der Waals surface area contributed by atoms with Gasteiger partial charge in [0.25, 0.3) is 11.5 Å². The third kappa shape index (κ3) is 3.19. The smallest absolute Gasteiger partial charge is 0.265 e.